The van der Waals surface area contributed by atoms with E-state index in [1.807, 2.05) is 0 Å². The van der Waals surface area contributed by atoms with E-state index in [9.17, 15) is 0 Å². The summed E-state index contributed by atoms with van der Waals surface area (Å²) in [5, 5.41) is 3.54. The highest BCUT2D eigenvalue weighted by Gasteiger charge is 2.37. The maximum absolute atomic E-state index is 4.13. The Labute approximate surface area is 136 Å². The number of nitrogens with one attached hydrogen (secondary N) is 1. The Morgan fingerprint density at radius 1 is 1.18 bits per heavy atom. The minimum absolute atomic E-state index is 0.707. The second-order valence-electron chi connectivity index (χ2n) is 6.93. The lowest BCUT2D eigenvalue weighted by Gasteiger charge is -2.48. The van der Waals surface area contributed by atoms with Crippen LogP contribution in [-0.2, 0) is 6.42 Å². The summed E-state index contributed by atoms with van der Waals surface area (Å²) in [6.45, 7) is 11.4. The molecule has 123 valence electrons. The molecule has 0 spiro atoms. The molecule has 3 heteroatoms. The van der Waals surface area contributed by atoms with Crippen LogP contribution in [0.5, 0.6) is 0 Å². The van der Waals surface area contributed by atoms with Gasteiger partial charge in [0.15, 0.2) is 0 Å². The lowest BCUT2D eigenvalue weighted by Crippen LogP contribution is -2.66. The van der Waals surface area contributed by atoms with Crippen molar-refractivity contribution < 1.29 is 4.48 Å². The Hall–Kier alpha value is -0.900. The summed E-state index contributed by atoms with van der Waals surface area (Å²) in [5.41, 5.74) is 1.47. The highest BCUT2D eigenvalue weighted by Crippen LogP contribution is 2.22. The fourth-order valence-electron chi connectivity index (χ4n) is 3.80. The van der Waals surface area contributed by atoms with Gasteiger partial charge in [-0.15, -0.1) is 0 Å². The number of piperazine rings is 1. The van der Waals surface area contributed by atoms with Crippen molar-refractivity contribution in [2.24, 2.45) is 0 Å². The molecule has 0 bridgehead atoms. The van der Waals surface area contributed by atoms with Gasteiger partial charge >= 0.3 is 0 Å². The van der Waals surface area contributed by atoms with Crippen molar-refractivity contribution in [1.82, 2.24) is 10.2 Å². The van der Waals surface area contributed by atoms with Crippen LogP contribution in [0.2, 0.25) is 0 Å². The van der Waals surface area contributed by atoms with Crippen molar-refractivity contribution in [2.75, 3.05) is 53.4 Å². The fourth-order valence-corrected chi connectivity index (χ4v) is 3.80. The first-order chi connectivity index (χ1) is 10.7. The van der Waals surface area contributed by atoms with Crippen LogP contribution < -0.4 is 5.32 Å². The molecule has 1 aromatic carbocycles. The molecule has 1 aromatic rings. The van der Waals surface area contributed by atoms with Gasteiger partial charge in [0.1, 0.15) is 6.04 Å². The van der Waals surface area contributed by atoms with Gasteiger partial charge < -0.3 is 14.7 Å². The molecule has 22 heavy (non-hydrogen) atoms. The molecule has 1 heterocycles. The quantitative estimate of drug-likeness (QED) is 0.741. The van der Waals surface area contributed by atoms with Gasteiger partial charge in [-0.3, -0.25) is 0 Å². The van der Waals surface area contributed by atoms with Crippen LogP contribution in [0.3, 0.4) is 0 Å². The molecule has 1 unspecified atom stereocenters. The predicted molar refractivity (Wildman–Crippen MR) is 94.8 cm³/mol. The summed E-state index contributed by atoms with van der Waals surface area (Å²) >= 11 is 0. The van der Waals surface area contributed by atoms with Crippen molar-refractivity contribution in [1.29, 1.82) is 0 Å². The molecule has 1 radical (unpaired) electrons. The number of rotatable bonds is 8. The van der Waals surface area contributed by atoms with Crippen molar-refractivity contribution in [3.8, 4) is 0 Å². The smallest absolute Gasteiger partial charge is 0.102 e. The van der Waals surface area contributed by atoms with E-state index in [0.717, 1.165) is 19.5 Å². The van der Waals surface area contributed by atoms with Crippen molar-refractivity contribution in [2.45, 2.75) is 25.3 Å². The van der Waals surface area contributed by atoms with E-state index in [1.54, 1.807) is 0 Å². The molecule has 1 N–H and O–H groups in total. The second kappa shape index (κ2) is 8.66. The van der Waals surface area contributed by atoms with Crippen LogP contribution in [0.25, 0.3) is 0 Å². The zero-order valence-corrected chi connectivity index (χ0v) is 14.4. The highest BCUT2D eigenvalue weighted by molar-refractivity contribution is 5.14. The van der Waals surface area contributed by atoms with Gasteiger partial charge in [0.25, 0.3) is 0 Å². The molecule has 1 aliphatic heterocycles. The Bertz CT molecular complexity index is 410. The first-order valence-electron chi connectivity index (χ1n) is 8.71. The minimum Gasteiger partial charge on any atom is -0.318 e. The van der Waals surface area contributed by atoms with E-state index in [4.69, 9.17) is 0 Å². The molecule has 1 fully saturated rings. The van der Waals surface area contributed by atoms with Crippen molar-refractivity contribution in [3.05, 3.63) is 42.8 Å². The van der Waals surface area contributed by atoms with Crippen molar-refractivity contribution >= 4 is 0 Å². The molecular weight excluding hydrogens is 270 g/mol. The van der Waals surface area contributed by atoms with Crippen LogP contribution in [0.15, 0.2) is 30.3 Å². The van der Waals surface area contributed by atoms with E-state index < -0.39 is 0 Å². The molecular formula is C19H33N3+. The molecule has 1 atom stereocenters. The molecule has 1 saturated heterocycles. The topological polar surface area (TPSA) is 15.3 Å². The average molecular weight is 303 g/mol. The van der Waals surface area contributed by atoms with E-state index in [2.05, 4.69) is 61.6 Å². The number of benzene rings is 1. The summed E-state index contributed by atoms with van der Waals surface area (Å²) in [6.07, 6.45) is 3.45. The van der Waals surface area contributed by atoms with Gasteiger partial charge in [0, 0.05) is 25.9 Å². The minimum atomic E-state index is 0.707. The van der Waals surface area contributed by atoms with Crippen LogP contribution in [0, 0.1) is 6.92 Å². The largest absolute Gasteiger partial charge is 0.318 e. The lowest BCUT2D eigenvalue weighted by atomic mass is 10.0. The zero-order chi connectivity index (χ0) is 15.8. The predicted octanol–water partition coefficient (Wildman–Crippen LogP) is 2.19. The van der Waals surface area contributed by atoms with Gasteiger partial charge in [0.05, 0.1) is 26.2 Å². The maximum atomic E-state index is 4.13. The SMILES string of the molecule is [CH2]CCC(CN(C)C)[N+]1(CCc2ccccc2)CCNCC1. The summed E-state index contributed by atoms with van der Waals surface area (Å²) < 4.78 is 1.26. The number of nitrogens with zero attached hydrogens (tertiary/aromatic N) is 2. The van der Waals surface area contributed by atoms with E-state index in [1.165, 1.54) is 49.1 Å². The maximum Gasteiger partial charge on any atom is 0.102 e. The van der Waals surface area contributed by atoms with Crippen LogP contribution in [-0.4, -0.2) is 68.8 Å². The molecule has 1 aliphatic rings. The molecule has 0 aliphatic carbocycles. The normalized spacial score (nSPS) is 19.3. The molecule has 0 aromatic heterocycles. The van der Waals surface area contributed by atoms with E-state index >= 15 is 0 Å². The molecule has 0 saturated carbocycles. The van der Waals surface area contributed by atoms with Gasteiger partial charge in [-0.2, -0.15) is 0 Å². The zero-order valence-electron chi connectivity index (χ0n) is 14.4. The highest BCUT2D eigenvalue weighted by atomic mass is 15.4. The second-order valence-corrected chi connectivity index (χ2v) is 6.93. The summed E-state index contributed by atoms with van der Waals surface area (Å²) in [5.74, 6) is 0. The van der Waals surface area contributed by atoms with Gasteiger partial charge in [0.2, 0.25) is 0 Å². The molecule has 2 rings (SSSR count). The van der Waals surface area contributed by atoms with Crippen LogP contribution in [0.1, 0.15) is 18.4 Å². The number of quaternary nitrogens is 1. The van der Waals surface area contributed by atoms with Gasteiger partial charge in [-0.1, -0.05) is 37.3 Å². The Morgan fingerprint density at radius 3 is 2.45 bits per heavy atom. The lowest BCUT2D eigenvalue weighted by molar-refractivity contribution is -0.952. The number of likely N-dealkylation sites (N-methyl/N-ethyl adjacent to an activating group) is 1. The standard InChI is InChI=1S/C19H33N3/c1-4-8-19(17-21(2)3)22(15-12-20-13-16-22)14-11-18-9-6-5-7-10-18/h5-7,9-10,19-20H,1,4,8,11-17H2,2-3H3/q+1. The third-order valence-electron chi connectivity index (χ3n) is 5.04. The monoisotopic (exact) mass is 303 g/mol. The Morgan fingerprint density at radius 2 is 1.86 bits per heavy atom. The summed E-state index contributed by atoms with van der Waals surface area (Å²) in [4.78, 5) is 2.35. The summed E-state index contributed by atoms with van der Waals surface area (Å²) in [6, 6.07) is 11.7. The fraction of sp³-hybridized carbons (Fsp3) is 0.632. The van der Waals surface area contributed by atoms with Crippen molar-refractivity contribution in [3.63, 3.8) is 0 Å². The van der Waals surface area contributed by atoms with Gasteiger partial charge in [-0.05, 0) is 26.1 Å². The number of hydrogen-bond acceptors (Lipinski definition) is 2. The first kappa shape index (κ1) is 17.5. The Kier molecular flexibility index (Phi) is 6.87. The van der Waals surface area contributed by atoms with Crippen LogP contribution in [0.4, 0.5) is 0 Å². The molecule has 0 amide bonds. The number of hydrogen-bond donors (Lipinski definition) is 1. The summed E-state index contributed by atoms with van der Waals surface area (Å²) in [7, 11) is 4.40. The van der Waals surface area contributed by atoms with Crippen LogP contribution >= 0.6 is 0 Å². The van der Waals surface area contributed by atoms with E-state index in [-0.39, 0.29) is 0 Å². The average Bonchev–Trinajstić information content (AvgIpc) is 2.54. The third-order valence-corrected chi connectivity index (χ3v) is 5.04. The third kappa shape index (κ3) is 4.80. The Balaban J connectivity index is 2.10. The first-order valence-corrected chi connectivity index (χ1v) is 8.71. The van der Waals surface area contributed by atoms with Gasteiger partial charge in [-0.25, -0.2) is 0 Å². The molecule has 3 nitrogen and oxygen atoms in total. The van der Waals surface area contributed by atoms with E-state index in [0.29, 0.717) is 6.04 Å².